The summed E-state index contributed by atoms with van der Waals surface area (Å²) in [7, 11) is 0. The van der Waals surface area contributed by atoms with E-state index in [9.17, 15) is 4.39 Å². The second-order valence-electron chi connectivity index (χ2n) is 11.0. The van der Waals surface area contributed by atoms with Crippen molar-refractivity contribution < 1.29 is 4.39 Å². The highest BCUT2D eigenvalue weighted by Crippen LogP contribution is 2.47. The van der Waals surface area contributed by atoms with Crippen molar-refractivity contribution >= 4 is 0 Å². The highest BCUT2D eigenvalue weighted by molar-refractivity contribution is 5.25. The fourth-order valence-electron chi connectivity index (χ4n) is 7.35. The first-order valence-corrected chi connectivity index (χ1v) is 13.4. The summed E-state index contributed by atoms with van der Waals surface area (Å²) >= 11 is 0. The minimum atomic E-state index is -0.114. The average Bonchev–Trinajstić information content (AvgIpc) is 2.83. The summed E-state index contributed by atoms with van der Waals surface area (Å²) in [6.07, 6.45) is 20.5. The van der Waals surface area contributed by atoms with E-state index in [-0.39, 0.29) is 6.67 Å². The van der Waals surface area contributed by atoms with Crippen molar-refractivity contribution in [3.63, 3.8) is 0 Å². The molecule has 0 bridgehead atoms. The molecule has 0 N–H and O–H groups in total. The second kappa shape index (κ2) is 11.1. The van der Waals surface area contributed by atoms with Crippen LogP contribution >= 0.6 is 0 Å². The quantitative estimate of drug-likeness (QED) is 0.419. The molecule has 30 heavy (non-hydrogen) atoms. The van der Waals surface area contributed by atoms with Gasteiger partial charge in [-0.15, -0.1) is 0 Å². The molecule has 1 aromatic rings. The first kappa shape index (κ1) is 22.3. The molecule has 0 unspecified atom stereocenters. The molecule has 1 aromatic carbocycles. The maximum Gasteiger partial charge on any atom is 0.0894 e. The lowest BCUT2D eigenvalue weighted by Gasteiger charge is -2.41. The molecule has 3 fully saturated rings. The lowest BCUT2D eigenvalue weighted by Crippen LogP contribution is -2.29. The Morgan fingerprint density at radius 3 is 1.60 bits per heavy atom. The van der Waals surface area contributed by atoms with Gasteiger partial charge in [0.05, 0.1) is 6.67 Å². The van der Waals surface area contributed by atoms with Crippen LogP contribution in [0.5, 0.6) is 0 Å². The van der Waals surface area contributed by atoms with Gasteiger partial charge in [-0.05, 0) is 130 Å². The van der Waals surface area contributed by atoms with Gasteiger partial charge < -0.3 is 0 Å². The molecule has 168 valence electrons. The van der Waals surface area contributed by atoms with Gasteiger partial charge in [0.2, 0.25) is 0 Å². The van der Waals surface area contributed by atoms with Crippen molar-refractivity contribution in [1.82, 2.24) is 0 Å². The third-order valence-electron chi connectivity index (χ3n) is 9.42. The van der Waals surface area contributed by atoms with Gasteiger partial charge in [-0.2, -0.15) is 0 Å². The Balaban J connectivity index is 1.17. The van der Waals surface area contributed by atoms with Crippen LogP contribution in [0.1, 0.15) is 114 Å². The first-order valence-electron chi connectivity index (χ1n) is 13.4. The van der Waals surface area contributed by atoms with E-state index < -0.39 is 0 Å². The molecule has 0 amide bonds. The molecule has 0 aromatic heterocycles. The van der Waals surface area contributed by atoms with E-state index in [4.69, 9.17) is 0 Å². The molecule has 4 rings (SSSR count). The van der Waals surface area contributed by atoms with E-state index in [1.165, 1.54) is 82.6 Å². The van der Waals surface area contributed by atoms with E-state index in [1.54, 1.807) is 5.56 Å². The van der Waals surface area contributed by atoms with Gasteiger partial charge in [-0.25, -0.2) is 0 Å². The number of halogens is 1. The normalized spacial score (nSPS) is 35.3. The summed E-state index contributed by atoms with van der Waals surface area (Å²) in [5.74, 6) is 5.68. The van der Waals surface area contributed by atoms with Crippen molar-refractivity contribution in [3.05, 3.63) is 35.4 Å². The van der Waals surface area contributed by atoms with Crippen LogP contribution in [0.15, 0.2) is 24.3 Å². The zero-order valence-corrected chi connectivity index (χ0v) is 19.5. The lowest BCUT2D eigenvalue weighted by atomic mass is 9.64. The predicted molar refractivity (Wildman–Crippen MR) is 127 cm³/mol. The van der Waals surface area contributed by atoms with Gasteiger partial charge in [0.1, 0.15) is 0 Å². The van der Waals surface area contributed by atoms with E-state index in [2.05, 4.69) is 31.2 Å². The smallest absolute Gasteiger partial charge is 0.0894 e. The predicted octanol–water partition coefficient (Wildman–Crippen LogP) is 8.89. The molecule has 0 heterocycles. The maximum absolute atomic E-state index is 12.4. The minimum Gasteiger partial charge on any atom is -0.251 e. The third-order valence-corrected chi connectivity index (χ3v) is 9.42. The van der Waals surface area contributed by atoms with E-state index in [0.29, 0.717) is 0 Å². The average molecular weight is 413 g/mol. The second-order valence-corrected chi connectivity index (χ2v) is 11.0. The number of alkyl halides is 1. The summed E-state index contributed by atoms with van der Waals surface area (Å²) in [5, 5.41) is 0. The Morgan fingerprint density at radius 2 is 1.13 bits per heavy atom. The van der Waals surface area contributed by atoms with E-state index in [0.717, 1.165) is 54.8 Å². The summed E-state index contributed by atoms with van der Waals surface area (Å²) in [5.41, 5.74) is 3.06. The van der Waals surface area contributed by atoms with Crippen molar-refractivity contribution in [2.24, 2.45) is 29.6 Å². The number of hydrogen-bond donors (Lipinski definition) is 0. The van der Waals surface area contributed by atoms with E-state index in [1.807, 2.05) is 0 Å². The number of hydrogen-bond acceptors (Lipinski definition) is 0. The molecule has 3 aliphatic rings. The van der Waals surface area contributed by atoms with Crippen LogP contribution in [0.2, 0.25) is 0 Å². The Morgan fingerprint density at radius 1 is 0.667 bits per heavy atom. The topological polar surface area (TPSA) is 0 Å². The highest BCUT2D eigenvalue weighted by atomic mass is 19.1. The standard InChI is InChI=1S/C29H45F/c1-2-22-5-9-24(10-6-22)26-13-17-28(18-14-26)29-19-15-27(16-20-29)25-11-7-23(8-12-25)4-3-21-30/h5-6,9-10,23,25-29H,2-4,7-8,11-21H2,1H3/t23-,25-,26?,27?,28?,29?. The fraction of sp³-hybridized carbons (Fsp3) is 0.793. The molecular weight excluding hydrogens is 367 g/mol. The Kier molecular flexibility index (Phi) is 8.30. The molecule has 3 aliphatic carbocycles. The van der Waals surface area contributed by atoms with Crippen LogP contribution in [0.4, 0.5) is 4.39 Å². The van der Waals surface area contributed by atoms with Gasteiger partial charge in [0, 0.05) is 0 Å². The minimum absolute atomic E-state index is 0.114. The number of aryl methyl sites for hydroxylation is 1. The van der Waals surface area contributed by atoms with Crippen LogP contribution < -0.4 is 0 Å². The Hall–Kier alpha value is -0.850. The molecule has 0 spiro atoms. The molecule has 0 nitrogen and oxygen atoms in total. The van der Waals surface area contributed by atoms with Crippen molar-refractivity contribution in [1.29, 1.82) is 0 Å². The van der Waals surface area contributed by atoms with E-state index >= 15 is 0 Å². The lowest BCUT2D eigenvalue weighted by molar-refractivity contribution is 0.108. The van der Waals surface area contributed by atoms with Gasteiger partial charge in [0.15, 0.2) is 0 Å². The summed E-state index contributed by atoms with van der Waals surface area (Å²) in [6.45, 7) is 2.13. The zero-order valence-electron chi connectivity index (χ0n) is 19.5. The van der Waals surface area contributed by atoms with Crippen LogP contribution in [0, 0.1) is 29.6 Å². The van der Waals surface area contributed by atoms with Gasteiger partial charge in [0.25, 0.3) is 0 Å². The fourth-order valence-corrected chi connectivity index (χ4v) is 7.35. The molecule has 0 atom stereocenters. The maximum atomic E-state index is 12.4. The Labute approximate surface area is 185 Å². The van der Waals surface area contributed by atoms with Gasteiger partial charge in [-0.1, -0.05) is 44.0 Å². The monoisotopic (exact) mass is 412 g/mol. The summed E-state index contributed by atoms with van der Waals surface area (Å²) in [4.78, 5) is 0. The summed E-state index contributed by atoms with van der Waals surface area (Å²) in [6, 6.07) is 9.50. The Bertz CT molecular complexity index is 596. The van der Waals surface area contributed by atoms with Crippen LogP contribution in [0.3, 0.4) is 0 Å². The molecule has 0 radical (unpaired) electrons. The zero-order chi connectivity index (χ0) is 20.8. The van der Waals surface area contributed by atoms with Crippen LogP contribution in [-0.2, 0) is 6.42 Å². The molecule has 0 aliphatic heterocycles. The van der Waals surface area contributed by atoms with Crippen molar-refractivity contribution in [3.8, 4) is 0 Å². The molecule has 0 saturated heterocycles. The molecular formula is C29H45F. The number of benzene rings is 1. The largest absolute Gasteiger partial charge is 0.251 e. The van der Waals surface area contributed by atoms with Crippen LogP contribution in [-0.4, -0.2) is 6.67 Å². The SMILES string of the molecule is CCc1ccc(C2CCC(C3CCC([C@H]4CC[C@H](CCCF)CC4)CC3)CC2)cc1. The third kappa shape index (κ3) is 5.68. The van der Waals surface area contributed by atoms with Gasteiger partial charge in [-0.3, -0.25) is 4.39 Å². The van der Waals surface area contributed by atoms with Crippen molar-refractivity contribution in [2.45, 2.75) is 109 Å². The molecule has 3 saturated carbocycles. The van der Waals surface area contributed by atoms with Crippen LogP contribution in [0.25, 0.3) is 0 Å². The molecule has 1 heteroatoms. The highest BCUT2D eigenvalue weighted by Gasteiger charge is 2.34. The number of rotatable bonds is 7. The summed E-state index contributed by atoms with van der Waals surface area (Å²) < 4.78 is 12.4. The first-order chi connectivity index (χ1) is 14.8. The van der Waals surface area contributed by atoms with Gasteiger partial charge >= 0.3 is 0 Å². The van der Waals surface area contributed by atoms with Crippen molar-refractivity contribution in [2.75, 3.05) is 6.67 Å².